The zero-order valence-corrected chi connectivity index (χ0v) is 19.8. The normalized spacial score (nSPS) is 10.7. The Kier molecular flexibility index (Phi) is 7.81. The standard InChI is InChI=1S/C31H34N2/c1-3-32(24-28-11-7-5-8-12-28)30-19-15-26(16-20-30)23-27-17-21-31(22-18-27)33(4-2)25-29-13-9-6-10-14-29/h5-22H,3-4,23-25H2,1-2H3. The van der Waals surface area contributed by atoms with Crippen LogP contribution in [0, 0.1) is 0 Å². The van der Waals surface area contributed by atoms with E-state index in [1.165, 1.54) is 33.6 Å². The second-order valence-corrected chi connectivity index (χ2v) is 8.51. The Bertz CT molecular complexity index is 996. The molecule has 4 rings (SSSR count). The van der Waals surface area contributed by atoms with E-state index < -0.39 is 0 Å². The second kappa shape index (κ2) is 11.4. The summed E-state index contributed by atoms with van der Waals surface area (Å²) in [4.78, 5) is 4.83. The molecule has 0 unspecified atom stereocenters. The van der Waals surface area contributed by atoms with E-state index in [-0.39, 0.29) is 0 Å². The van der Waals surface area contributed by atoms with Gasteiger partial charge in [0.15, 0.2) is 0 Å². The molecule has 0 aliphatic heterocycles. The largest absolute Gasteiger partial charge is 0.367 e. The monoisotopic (exact) mass is 434 g/mol. The summed E-state index contributed by atoms with van der Waals surface area (Å²) in [5, 5.41) is 0. The number of anilines is 2. The van der Waals surface area contributed by atoms with Gasteiger partial charge < -0.3 is 9.80 Å². The summed E-state index contributed by atoms with van der Waals surface area (Å²) in [6.07, 6.45) is 0.955. The van der Waals surface area contributed by atoms with Crippen molar-refractivity contribution in [3.8, 4) is 0 Å². The molecular formula is C31H34N2. The van der Waals surface area contributed by atoms with Gasteiger partial charge in [0.25, 0.3) is 0 Å². The van der Waals surface area contributed by atoms with Crippen molar-refractivity contribution in [1.29, 1.82) is 0 Å². The van der Waals surface area contributed by atoms with Gasteiger partial charge in [-0.3, -0.25) is 0 Å². The van der Waals surface area contributed by atoms with Crippen LogP contribution in [0.3, 0.4) is 0 Å². The first kappa shape index (κ1) is 22.7. The highest BCUT2D eigenvalue weighted by Gasteiger charge is 2.08. The molecule has 0 fully saturated rings. The Morgan fingerprint density at radius 1 is 0.424 bits per heavy atom. The van der Waals surface area contributed by atoms with Gasteiger partial charge >= 0.3 is 0 Å². The van der Waals surface area contributed by atoms with E-state index in [0.29, 0.717) is 0 Å². The van der Waals surface area contributed by atoms with Crippen molar-refractivity contribution in [2.75, 3.05) is 22.9 Å². The quantitative estimate of drug-likeness (QED) is 0.258. The molecule has 0 N–H and O–H groups in total. The van der Waals surface area contributed by atoms with Gasteiger partial charge in [-0.25, -0.2) is 0 Å². The highest BCUT2D eigenvalue weighted by molar-refractivity contribution is 5.51. The van der Waals surface area contributed by atoms with E-state index in [0.717, 1.165) is 32.6 Å². The van der Waals surface area contributed by atoms with Crippen molar-refractivity contribution < 1.29 is 0 Å². The van der Waals surface area contributed by atoms with Gasteiger partial charge in [-0.1, -0.05) is 84.9 Å². The molecule has 0 aliphatic rings. The van der Waals surface area contributed by atoms with Gasteiger partial charge in [0.2, 0.25) is 0 Å². The fraction of sp³-hybridized carbons (Fsp3) is 0.226. The number of nitrogens with zero attached hydrogens (tertiary/aromatic N) is 2. The number of hydrogen-bond donors (Lipinski definition) is 0. The van der Waals surface area contributed by atoms with E-state index in [1.54, 1.807) is 0 Å². The van der Waals surface area contributed by atoms with Gasteiger partial charge in [-0.2, -0.15) is 0 Å². The molecule has 0 spiro atoms. The van der Waals surface area contributed by atoms with Gasteiger partial charge in [0, 0.05) is 37.6 Å². The molecular weight excluding hydrogens is 400 g/mol. The molecule has 2 heteroatoms. The van der Waals surface area contributed by atoms with Crippen LogP contribution in [0.4, 0.5) is 11.4 Å². The third-order valence-electron chi connectivity index (χ3n) is 6.21. The lowest BCUT2D eigenvalue weighted by atomic mass is 10.0. The summed E-state index contributed by atoms with van der Waals surface area (Å²) in [6, 6.07) is 39.5. The lowest BCUT2D eigenvalue weighted by Crippen LogP contribution is -2.22. The predicted molar refractivity (Wildman–Crippen MR) is 142 cm³/mol. The lowest BCUT2D eigenvalue weighted by molar-refractivity contribution is 0.831. The SMILES string of the molecule is CCN(Cc1ccccc1)c1ccc(Cc2ccc(N(CC)Cc3ccccc3)cc2)cc1. The molecule has 0 aromatic heterocycles. The van der Waals surface area contributed by atoms with Gasteiger partial charge in [-0.15, -0.1) is 0 Å². The van der Waals surface area contributed by atoms with E-state index in [1.807, 2.05) is 0 Å². The minimum Gasteiger partial charge on any atom is -0.367 e. The third-order valence-corrected chi connectivity index (χ3v) is 6.21. The molecule has 4 aromatic rings. The molecule has 0 heterocycles. The van der Waals surface area contributed by atoms with Crippen molar-refractivity contribution in [2.24, 2.45) is 0 Å². The summed E-state index contributed by atoms with van der Waals surface area (Å²) in [5.74, 6) is 0. The molecule has 0 bridgehead atoms. The number of benzene rings is 4. The van der Waals surface area contributed by atoms with Gasteiger partial charge in [-0.05, 0) is 66.8 Å². The van der Waals surface area contributed by atoms with Crippen LogP contribution in [0.1, 0.15) is 36.1 Å². The summed E-state index contributed by atoms with van der Waals surface area (Å²) < 4.78 is 0. The van der Waals surface area contributed by atoms with Crippen LogP contribution < -0.4 is 9.80 Å². The zero-order valence-electron chi connectivity index (χ0n) is 19.8. The van der Waals surface area contributed by atoms with Crippen LogP contribution in [-0.4, -0.2) is 13.1 Å². The van der Waals surface area contributed by atoms with Crippen molar-refractivity contribution >= 4 is 11.4 Å². The molecule has 33 heavy (non-hydrogen) atoms. The zero-order chi connectivity index (χ0) is 22.9. The molecule has 0 saturated heterocycles. The smallest absolute Gasteiger partial charge is 0.0429 e. The molecule has 0 aliphatic carbocycles. The molecule has 168 valence electrons. The van der Waals surface area contributed by atoms with E-state index in [2.05, 4.69) is 133 Å². The van der Waals surface area contributed by atoms with Crippen LogP contribution >= 0.6 is 0 Å². The average molecular weight is 435 g/mol. The highest BCUT2D eigenvalue weighted by Crippen LogP contribution is 2.22. The summed E-state index contributed by atoms with van der Waals surface area (Å²) in [7, 11) is 0. The van der Waals surface area contributed by atoms with E-state index in [9.17, 15) is 0 Å². The van der Waals surface area contributed by atoms with Crippen molar-refractivity contribution in [3.05, 3.63) is 131 Å². The van der Waals surface area contributed by atoms with Crippen LogP contribution in [0.15, 0.2) is 109 Å². The van der Waals surface area contributed by atoms with Crippen molar-refractivity contribution in [2.45, 2.75) is 33.4 Å². The average Bonchev–Trinajstić information content (AvgIpc) is 2.88. The number of hydrogen-bond acceptors (Lipinski definition) is 2. The van der Waals surface area contributed by atoms with Gasteiger partial charge in [0.1, 0.15) is 0 Å². The third kappa shape index (κ3) is 6.26. The van der Waals surface area contributed by atoms with Crippen LogP contribution in [0.5, 0.6) is 0 Å². The maximum Gasteiger partial charge on any atom is 0.0429 e. The first-order chi connectivity index (χ1) is 16.2. The Morgan fingerprint density at radius 3 is 1.12 bits per heavy atom. The topological polar surface area (TPSA) is 6.48 Å². The van der Waals surface area contributed by atoms with E-state index >= 15 is 0 Å². The predicted octanol–water partition coefficient (Wildman–Crippen LogP) is 7.33. The highest BCUT2D eigenvalue weighted by atomic mass is 15.1. The van der Waals surface area contributed by atoms with Gasteiger partial charge in [0.05, 0.1) is 0 Å². The minimum atomic E-state index is 0.940. The Labute approximate surface area is 199 Å². The van der Waals surface area contributed by atoms with Crippen LogP contribution in [0.2, 0.25) is 0 Å². The molecule has 4 aromatic carbocycles. The minimum absolute atomic E-state index is 0.940. The molecule has 0 radical (unpaired) electrons. The fourth-order valence-corrected chi connectivity index (χ4v) is 4.26. The number of rotatable bonds is 10. The molecule has 2 nitrogen and oxygen atoms in total. The summed E-state index contributed by atoms with van der Waals surface area (Å²) >= 11 is 0. The Morgan fingerprint density at radius 2 is 0.788 bits per heavy atom. The van der Waals surface area contributed by atoms with Crippen molar-refractivity contribution in [3.63, 3.8) is 0 Å². The summed E-state index contributed by atoms with van der Waals surface area (Å²) in [5.41, 5.74) is 7.94. The van der Waals surface area contributed by atoms with E-state index in [4.69, 9.17) is 0 Å². The van der Waals surface area contributed by atoms with Crippen LogP contribution in [-0.2, 0) is 19.5 Å². The van der Waals surface area contributed by atoms with Crippen molar-refractivity contribution in [1.82, 2.24) is 0 Å². The Hall–Kier alpha value is -3.52. The first-order valence-corrected chi connectivity index (χ1v) is 12.0. The lowest BCUT2D eigenvalue weighted by Gasteiger charge is -2.24. The maximum absolute atomic E-state index is 2.42. The molecule has 0 saturated carbocycles. The summed E-state index contributed by atoms with van der Waals surface area (Å²) in [6.45, 7) is 8.30. The van der Waals surface area contributed by atoms with Crippen LogP contribution in [0.25, 0.3) is 0 Å². The molecule has 0 atom stereocenters. The maximum atomic E-state index is 2.42. The molecule has 0 amide bonds. The fourth-order valence-electron chi connectivity index (χ4n) is 4.26. The Balaban J connectivity index is 1.38. The second-order valence-electron chi connectivity index (χ2n) is 8.51. The first-order valence-electron chi connectivity index (χ1n) is 12.0.